The highest BCUT2D eigenvalue weighted by Crippen LogP contribution is 2.32. The molecule has 0 bridgehead atoms. The second-order valence-corrected chi connectivity index (χ2v) is 5.38. The molecule has 15 heavy (non-hydrogen) atoms. The van der Waals surface area contributed by atoms with E-state index in [0.29, 0.717) is 11.8 Å². The van der Waals surface area contributed by atoms with Crippen LogP contribution in [0.3, 0.4) is 0 Å². The number of ether oxygens (including phenoxy) is 1. The second kappa shape index (κ2) is 6.49. The van der Waals surface area contributed by atoms with Crippen molar-refractivity contribution >= 4 is 0 Å². The molecule has 2 unspecified atom stereocenters. The lowest BCUT2D eigenvalue weighted by atomic mass is 9.78. The van der Waals surface area contributed by atoms with Crippen LogP contribution in [0, 0.1) is 17.8 Å². The van der Waals surface area contributed by atoms with Crippen molar-refractivity contribution in [3.8, 4) is 0 Å². The Morgan fingerprint density at radius 3 is 2.40 bits per heavy atom. The molecule has 0 aliphatic heterocycles. The fourth-order valence-electron chi connectivity index (χ4n) is 2.63. The van der Waals surface area contributed by atoms with Gasteiger partial charge in [-0.3, -0.25) is 0 Å². The molecule has 0 heterocycles. The molecule has 1 aliphatic rings. The molecule has 1 N–H and O–H groups in total. The predicted molar refractivity (Wildman–Crippen MR) is 62.8 cm³/mol. The quantitative estimate of drug-likeness (QED) is 0.762. The topological polar surface area (TPSA) is 29.5 Å². The third-order valence-corrected chi connectivity index (χ3v) is 3.70. The molecule has 1 saturated carbocycles. The van der Waals surface area contributed by atoms with Crippen molar-refractivity contribution in [2.75, 3.05) is 13.7 Å². The zero-order chi connectivity index (χ0) is 11.3. The maximum atomic E-state index is 10.1. The van der Waals surface area contributed by atoms with Gasteiger partial charge in [-0.05, 0) is 37.0 Å². The van der Waals surface area contributed by atoms with Gasteiger partial charge < -0.3 is 9.84 Å². The van der Waals surface area contributed by atoms with Crippen molar-refractivity contribution < 1.29 is 9.84 Å². The average Bonchev–Trinajstić information content (AvgIpc) is 2.18. The zero-order valence-electron chi connectivity index (χ0n) is 10.4. The minimum absolute atomic E-state index is 0.109. The highest BCUT2D eigenvalue weighted by molar-refractivity contribution is 4.77. The van der Waals surface area contributed by atoms with E-state index in [-0.39, 0.29) is 6.10 Å². The van der Waals surface area contributed by atoms with Crippen LogP contribution in [0.1, 0.15) is 46.0 Å². The maximum absolute atomic E-state index is 10.1. The molecular weight excluding hydrogens is 188 g/mol. The number of hydrogen-bond donors (Lipinski definition) is 1. The molecule has 0 aromatic rings. The fourth-order valence-corrected chi connectivity index (χ4v) is 2.63. The van der Waals surface area contributed by atoms with Crippen LogP contribution in [0.2, 0.25) is 0 Å². The van der Waals surface area contributed by atoms with Crippen molar-refractivity contribution in [3.05, 3.63) is 0 Å². The third kappa shape index (κ3) is 4.52. The summed E-state index contributed by atoms with van der Waals surface area (Å²) in [6.07, 6.45) is 5.79. The van der Waals surface area contributed by atoms with Crippen LogP contribution >= 0.6 is 0 Å². The van der Waals surface area contributed by atoms with E-state index in [1.807, 2.05) is 0 Å². The van der Waals surface area contributed by atoms with E-state index in [2.05, 4.69) is 13.8 Å². The van der Waals surface area contributed by atoms with Crippen molar-refractivity contribution in [2.45, 2.75) is 52.1 Å². The van der Waals surface area contributed by atoms with E-state index in [1.54, 1.807) is 7.11 Å². The predicted octanol–water partition coefficient (Wildman–Crippen LogP) is 2.85. The number of methoxy groups -OCH3 is 1. The SMILES string of the molecule is COCC(C)CC(O)C1CCC(C)CC1. The van der Waals surface area contributed by atoms with Crippen LogP contribution in [-0.4, -0.2) is 24.9 Å². The molecule has 1 rings (SSSR count). The first-order chi connectivity index (χ1) is 7.13. The summed E-state index contributed by atoms with van der Waals surface area (Å²) in [5, 5.41) is 10.1. The summed E-state index contributed by atoms with van der Waals surface area (Å²) in [4.78, 5) is 0. The molecule has 90 valence electrons. The van der Waals surface area contributed by atoms with E-state index < -0.39 is 0 Å². The van der Waals surface area contributed by atoms with Gasteiger partial charge >= 0.3 is 0 Å². The molecule has 2 heteroatoms. The molecule has 0 aromatic heterocycles. The van der Waals surface area contributed by atoms with Crippen molar-refractivity contribution in [1.29, 1.82) is 0 Å². The van der Waals surface area contributed by atoms with Gasteiger partial charge in [0.25, 0.3) is 0 Å². The molecule has 0 aromatic carbocycles. The Morgan fingerprint density at radius 2 is 1.87 bits per heavy atom. The van der Waals surface area contributed by atoms with Gasteiger partial charge in [0.1, 0.15) is 0 Å². The summed E-state index contributed by atoms with van der Waals surface area (Å²) in [6.45, 7) is 5.23. The largest absolute Gasteiger partial charge is 0.393 e. The number of aliphatic hydroxyl groups is 1. The zero-order valence-corrected chi connectivity index (χ0v) is 10.4. The summed E-state index contributed by atoms with van der Waals surface area (Å²) < 4.78 is 5.10. The lowest BCUT2D eigenvalue weighted by molar-refractivity contribution is 0.0422. The second-order valence-electron chi connectivity index (χ2n) is 5.38. The first kappa shape index (κ1) is 13.0. The molecule has 0 radical (unpaired) electrons. The Kier molecular flexibility index (Phi) is 5.62. The Hall–Kier alpha value is -0.0800. The minimum Gasteiger partial charge on any atom is -0.393 e. The first-order valence-corrected chi connectivity index (χ1v) is 6.30. The van der Waals surface area contributed by atoms with Gasteiger partial charge in [0, 0.05) is 13.7 Å². The maximum Gasteiger partial charge on any atom is 0.0571 e. The number of rotatable bonds is 5. The van der Waals surface area contributed by atoms with Gasteiger partial charge in [-0.1, -0.05) is 26.7 Å². The van der Waals surface area contributed by atoms with Gasteiger partial charge in [0.15, 0.2) is 0 Å². The highest BCUT2D eigenvalue weighted by atomic mass is 16.5. The smallest absolute Gasteiger partial charge is 0.0571 e. The van der Waals surface area contributed by atoms with Gasteiger partial charge in [-0.25, -0.2) is 0 Å². The minimum atomic E-state index is -0.109. The standard InChI is InChI=1S/C13H26O2/c1-10-4-6-12(7-5-10)13(14)8-11(2)9-15-3/h10-14H,4-9H2,1-3H3. The average molecular weight is 214 g/mol. The third-order valence-electron chi connectivity index (χ3n) is 3.70. The van der Waals surface area contributed by atoms with Crippen LogP contribution in [0.25, 0.3) is 0 Å². The van der Waals surface area contributed by atoms with E-state index >= 15 is 0 Å². The highest BCUT2D eigenvalue weighted by Gasteiger charge is 2.25. The van der Waals surface area contributed by atoms with Crippen LogP contribution < -0.4 is 0 Å². The molecular formula is C13H26O2. The molecule has 0 saturated heterocycles. The molecule has 2 nitrogen and oxygen atoms in total. The van der Waals surface area contributed by atoms with Gasteiger partial charge in [0.2, 0.25) is 0 Å². The van der Waals surface area contributed by atoms with Crippen LogP contribution in [0.15, 0.2) is 0 Å². The Morgan fingerprint density at radius 1 is 1.27 bits per heavy atom. The van der Waals surface area contributed by atoms with Gasteiger partial charge in [-0.15, -0.1) is 0 Å². The van der Waals surface area contributed by atoms with Crippen LogP contribution in [-0.2, 0) is 4.74 Å². The summed E-state index contributed by atoms with van der Waals surface area (Å²) in [7, 11) is 1.73. The normalized spacial score (nSPS) is 31.2. The Bertz CT molecular complexity index is 162. The van der Waals surface area contributed by atoms with E-state index in [9.17, 15) is 5.11 Å². The van der Waals surface area contributed by atoms with Crippen molar-refractivity contribution in [1.82, 2.24) is 0 Å². The summed E-state index contributed by atoms with van der Waals surface area (Å²) in [5.41, 5.74) is 0. The number of aliphatic hydroxyl groups excluding tert-OH is 1. The van der Waals surface area contributed by atoms with Gasteiger partial charge in [-0.2, -0.15) is 0 Å². The van der Waals surface area contributed by atoms with Crippen molar-refractivity contribution in [3.63, 3.8) is 0 Å². The summed E-state index contributed by atoms with van der Waals surface area (Å²) >= 11 is 0. The summed E-state index contributed by atoms with van der Waals surface area (Å²) in [5.74, 6) is 1.88. The monoisotopic (exact) mass is 214 g/mol. The van der Waals surface area contributed by atoms with E-state index in [0.717, 1.165) is 18.9 Å². The molecule has 2 atom stereocenters. The molecule has 0 spiro atoms. The fraction of sp³-hybridized carbons (Fsp3) is 1.00. The van der Waals surface area contributed by atoms with Crippen molar-refractivity contribution in [2.24, 2.45) is 17.8 Å². The van der Waals surface area contributed by atoms with E-state index in [4.69, 9.17) is 4.74 Å². The molecule has 1 fully saturated rings. The van der Waals surface area contributed by atoms with E-state index in [1.165, 1.54) is 25.7 Å². The Labute approximate surface area is 94.0 Å². The molecule has 0 amide bonds. The number of hydrogen-bond acceptors (Lipinski definition) is 2. The Balaban J connectivity index is 2.24. The lowest BCUT2D eigenvalue weighted by Crippen LogP contribution is -2.27. The van der Waals surface area contributed by atoms with Crippen LogP contribution in [0.4, 0.5) is 0 Å². The van der Waals surface area contributed by atoms with Gasteiger partial charge in [0.05, 0.1) is 6.10 Å². The van der Waals surface area contributed by atoms with Crippen LogP contribution in [0.5, 0.6) is 0 Å². The lowest BCUT2D eigenvalue weighted by Gasteiger charge is -2.31. The first-order valence-electron chi connectivity index (χ1n) is 6.30. The molecule has 1 aliphatic carbocycles. The summed E-state index contributed by atoms with van der Waals surface area (Å²) in [6, 6.07) is 0.